The average Bonchev–Trinajstić information content (AvgIpc) is 3.14. The van der Waals surface area contributed by atoms with Crippen molar-refractivity contribution in [3.63, 3.8) is 0 Å². The Labute approximate surface area is 104 Å². The molecule has 0 bridgehead atoms. The van der Waals surface area contributed by atoms with Crippen LogP contribution < -0.4 is 0 Å². The van der Waals surface area contributed by atoms with Gasteiger partial charge < -0.3 is 4.90 Å². The molecule has 1 amide bonds. The van der Waals surface area contributed by atoms with Gasteiger partial charge >= 0.3 is 0 Å². The van der Waals surface area contributed by atoms with Crippen LogP contribution in [0, 0.1) is 11.3 Å². The highest BCUT2D eigenvalue weighted by atomic mass is 35.5. The van der Waals surface area contributed by atoms with Crippen molar-refractivity contribution in [1.29, 1.82) is 5.26 Å². The van der Waals surface area contributed by atoms with E-state index < -0.39 is 0 Å². The largest absolute Gasteiger partial charge is 0.333 e. The van der Waals surface area contributed by atoms with Gasteiger partial charge in [0.25, 0.3) is 5.91 Å². The number of hydrogen-bond donors (Lipinski definition) is 0. The van der Waals surface area contributed by atoms with Crippen LogP contribution in [0.4, 0.5) is 0 Å². The van der Waals surface area contributed by atoms with Crippen LogP contribution in [0.15, 0.2) is 12.1 Å². The van der Waals surface area contributed by atoms with Crippen molar-refractivity contribution < 1.29 is 4.79 Å². The molecule has 0 spiro atoms. The van der Waals surface area contributed by atoms with Gasteiger partial charge in [0.2, 0.25) is 0 Å². The summed E-state index contributed by atoms with van der Waals surface area (Å²) < 4.78 is 0. The minimum Gasteiger partial charge on any atom is -0.333 e. The first-order chi connectivity index (χ1) is 8.22. The number of rotatable bonds is 4. The summed E-state index contributed by atoms with van der Waals surface area (Å²) in [5.41, 5.74) is 0.277. The van der Waals surface area contributed by atoms with E-state index in [1.54, 1.807) is 11.0 Å². The van der Waals surface area contributed by atoms with Gasteiger partial charge in [0, 0.05) is 12.6 Å². The summed E-state index contributed by atoms with van der Waals surface area (Å²) in [5, 5.41) is 16.2. The normalized spacial score (nSPS) is 14.1. The van der Waals surface area contributed by atoms with Crippen molar-refractivity contribution in [2.75, 3.05) is 6.54 Å². The highest BCUT2D eigenvalue weighted by molar-refractivity contribution is 6.29. The van der Waals surface area contributed by atoms with E-state index in [-0.39, 0.29) is 22.8 Å². The van der Waals surface area contributed by atoms with Gasteiger partial charge in [0.15, 0.2) is 10.8 Å². The average molecular weight is 251 g/mol. The number of carbonyl (C=O) groups is 1. The Morgan fingerprint density at radius 3 is 2.82 bits per heavy atom. The number of hydrogen-bond acceptors (Lipinski definition) is 4. The summed E-state index contributed by atoms with van der Waals surface area (Å²) >= 11 is 5.61. The molecule has 0 unspecified atom stereocenters. The van der Waals surface area contributed by atoms with Crippen molar-refractivity contribution in [2.45, 2.75) is 25.3 Å². The molecule has 2 rings (SSSR count). The van der Waals surface area contributed by atoms with E-state index in [2.05, 4.69) is 10.2 Å². The first-order valence-corrected chi connectivity index (χ1v) is 5.77. The summed E-state index contributed by atoms with van der Waals surface area (Å²) in [6.07, 6.45) is 2.33. The number of nitriles is 1. The van der Waals surface area contributed by atoms with Crippen LogP contribution in [0.2, 0.25) is 5.15 Å². The molecule has 1 saturated carbocycles. The molecule has 1 heterocycles. The molecular weight excluding hydrogens is 240 g/mol. The van der Waals surface area contributed by atoms with Gasteiger partial charge in [-0.05, 0) is 25.0 Å². The second-order valence-corrected chi connectivity index (χ2v) is 4.27. The fraction of sp³-hybridized carbons (Fsp3) is 0.455. The fourth-order valence-electron chi connectivity index (χ4n) is 1.58. The third kappa shape index (κ3) is 2.92. The number of amides is 1. The number of carbonyl (C=O) groups excluding carboxylic acids is 1. The molecule has 0 atom stereocenters. The molecular formula is C11H11ClN4O. The third-order valence-electron chi connectivity index (χ3n) is 2.56. The Morgan fingerprint density at radius 1 is 1.53 bits per heavy atom. The van der Waals surface area contributed by atoms with Gasteiger partial charge in [-0.25, -0.2) is 0 Å². The van der Waals surface area contributed by atoms with Crippen LogP contribution in [0.3, 0.4) is 0 Å². The predicted octanol–water partition coefficient (Wildman–Crippen LogP) is 1.65. The minimum atomic E-state index is -0.174. The van der Waals surface area contributed by atoms with Crippen LogP contribution in [0.5, 0.6) is 0 Å². The van der Waals surface area contributed by atoms with Gasteiger partial charge in [-0.1, -0.05) is 11.6 Å². The maximum atomic E-state index is 12.1. The predicted molar refractivity (Wildman–Crippen MR) is 61.3 cm³/mol. The van der Waals surface area contributed by atoms with Crippen LogP contribution in [0.25, 0.3) is 0 Å². The van der Waals surface area contributed by atoms with Gasteiger partial charge in [-0.3, -0.25) is 4.79 Å². The van der Waals surface area contributed by atoms with Crippen LogP contribution >= 0.6 is 11.6 Å². The van der Waals surface area contributed by atoms with E-state index in [4.69, 9.17) is 16.9 Å². The smallest absolute Gasteiger partial charge is 0.274 e. The SMILES string of the molecule is N#CCCN(C(=O)c1ccc(Cl)nn1)C1CC1. The van der Waals surface area contributed by atoms with E-state index >= 15 is 0 Å². The molecule has 1 fully saturated rings. The van der Waals surface area contributed by atoms with E-state index in [0.29, 0.717) is 13.0 Å². The van der Waals surface area contributed by atoms with Gasteiger partial charge in [0.1, 0.15) is 0 Å². The first-order valence-electron chi connectivity index (χ1n) is 5.39. The Hall–Kier alpha value is -1.67. The molecule has 1 aromatic rings. The first kappa shape index (κ1) is 11.8. The zero-order chi connectivity index (χ0) is 12.3. The number of nitrogens with zero attached hydrogens (tertiary/aromatic N) is 4. The second kappa shape index (κ2) is 5.11. The zero-order valence-corrected chi connectivity index (χ0v) is 9.89. The van der Waals surface area contributed by atoms with Gasteiger partial charge in [-0.15, -0.1) is 10.2 Å². The molecule has 1 aliphatic rings. The van der Waals surface area contributed by atoms with E-state index in [0.717, 1.165) is 12.8 Å². The fourth-order valence-corrected chi connectivity index (χ4v) is 1.68. The Balaban J connectivity index is 2.10. The summed E-state index contributed by atoms with van der Waals surface area (Å²) in [4.78, 5) is 13.8. The minimum absolute atomic E-state index is 0.174. The molecule has 1 aliphatic carbocycles. The van der Waals surface area contributed by atoms with E-state index in [1.807, 2.05) is 6.07 Å². The van der Waals surface area contributed by atoms with Gasteiger partial charge in [0.05, 0.1) is 12.5 Å². The maximum Gasteiger partial charge on any atom is 0.274 e. The van der Waals surface area contributed by atoms with Crippen LogP contribution in [0.1, 0.15) is 29.8 Å². The molecule has 17 heavy (non-hydrogen) atoms. The number of halogens is 1. The Morgan fingerprint density at radius 2 is 2.29 bits per heavy atom. The summed E-state index contributed by atoms with van der Waals surface area (Å²) in [6, 6.07) is 5.40. The standard InChI is InChI=1S/C11H11ClN4O/c12-10-5-4-9(14-15-10)11(17)16(7-1-6-13)8-2-3-8/h4-5,8H,1-3,7H2. The maximum absolute atomic E-state index is 12.1. The molecule has 5 nitrogen and oxygen atoms in total. The molecule has 0 saturated heterocycles. The van der Waals surface area contributed by atoms with Crippen LogP contribution in [-0.2, 0) is 0 Å². The summed E-state index contributed by atoms with van der Waals surface area (Å²) in [7, 11) is 0. The molecule has 0 radical (unpaired) electrons. The highest BCUT2D eigenvalue weighted by Crippen LogP contribution is 2.28. The Kier molecular flexibility index (Phi) is 3.55. The third-order valence-corrected chi connectivity index (χ3v) is 2.77. The topological polar surface area (TPSA) is 69.9 Å². The highest BCUT2D eigenvalue weighted by Gasteiger charge is 2.33. The van der Waals surface area contributed by atoms with Crippen molar-refractivity contribution in [2.24, 2.45) is 0 Å². The lowest BCUT2D eigenvalue weighted by Gasteiger charge is -2.20. The van der Waals surface area contributed by atoms with E-state index in [1.165, 1.54) is 6.07 Å². The second-order valence-electron chi connectivity index (χ2n) is 3.88. The van der Waals surface area contributed by atoms with Gasteiger partial charge in [-0.2, -0.15) is 5.26 Å². The number of aromatic nitrogens is 2. The van der Waals surface area contributed by atoms with E-state index in [9.17, 15) is 4.79 Å². The van der Waals surface area contributed by atoms with Crippen molar-refractivity contribution in [1.82, 2.24) is 15.1 Å². The molecule has 0 aromatic carbocycles. The lowest BCUT2D eigenvalue weighted by molar-refractivity contribution is 0.0739. The Bertz CT molecular complexity index is 450. The molecule has 0 N–H and O–H groups in total. The van der Waals surface area contributed by atoms with Crippen molar-refractivity contribution >= 4 is 17.5 Å². The monoisotopic (exact) mass is 250 g/mol. The van der Waals surface area contributed by atoms with Crippen LogP contribution in [-0.4, -0.2) is 33.6 Å². The van der Waals surface area contributed by atoms with Crippen molar-refractivity contribution in [3.05, 3.63) is 23.0 Å². The summed E-state index contributed by atoms with van der Waals surface area (Å²) in [6.45, 7) is 0.449. The quantitative estimate of drug-likeness (QED) is 0.815. The molecule has 6 heteroatoms. The van der Waals surface area contributed by atoms with Crippen molar-refractivity contribution in [3.8, 4) is 6.07 Å². The lowest BCUT2D eigenvalue weighted by Crippen LogP contribution is -2.34. The molecule has 88 valence electrons. The summed E-state index contributed by atoms with van der Waals surface area (Å²) in [5.74, 6) is -0.174. The lowest BCUT2D eigenvalue weighted by atomic mass is 10.3. The zero-order valence-electron chi connectivity index (χ0n) is 9.14. The molecule has 1 aromatic heterocycles. The molecule has 0 aliphatic heterocycles.